The van der Waals surface area contributed by atoms with E-state index in [0.29, 0.717) is 11.1 Å². The first-order valence-corrected chi connectivity index (χ1v) is 12.8. The number of rotatable bonds is 10. The Balaban J connectivity index is 1.29. The molecule has 8 N–H and O–H groups in total. The molecule has 2 aromatic heterocycles. The SMILES string of the molecule is Nc1c(NCc2cc(CNC(=O)c3cc(C(=O)NCc4ccc(C(=O)O)cc4)n4ccc(N)c4n3)ccc2F)c(=O)c1=O. The molecule has 0 spiro atoms. The normalized spacial score (nSPS) is 11.0. The van der Waals surface area contributed by atoms with Crippen LogP contribution >= 0.6 is 0 Å². The van der Waals surface area contributed by atoms with Crippen LogP contribution in [0.3, 0.4) is 0 Å². The van der Waals surface area contributed by atoms with Gasteiger partial charge < -0.3 is 32.5 Å². The highest BCUT2D eigenvalue weighted by molar-refractivity contribution is 5.99. The number of halogens is 1. The number of amides is 2. The third kappa shape index (κ3) is 5.74. The van der Waals surface area contributed by atoms with Crippen molar-refractivity contribution in [3.05, 3.63) is 121 Å². The molecular formula is C29H24FN7O6. The van der Waals surface area contributed by atoms with E-state index in [1.807, 2.05) is 0 Å². The Morgan fingerprint density at radius 2 is 1.53 bits per heavy atom. The van der Waals surface area contributed by atoms with E-state index in [0.717, 1.165) is 0 Å². The zero-order valence-corrected chi connectivity index (χ0v) is 22.3. The van der Waals surface area contributed by atoms with Gasteiger partial charge in [0.15, 0.2) is 5.65 Å². The van der Waals surface area contributed by atoms with Crippen molar-refractivity contribution >= 4 is 40.5 Å². The minimum absolute atomic E-state index is 0.0222. The van der Waals surface area contributed by atoms with Crippen molar-refractivity contribution < 1.29 is 23.9 Å². The minimum Gasteiger partial charge on any atom is -0.478 e. The van der Waals surface area contributed by atoms with Crippen LogP contribution in [0.1, 0.15) is 48.0 Å². The van der Waals surface area contributed by atoms with Gasteiger partial charge in [0, 0.05) is 31.4 Å². The van der Waals surface area contributed by atoms with Gasteiger partial charge in [-0.15, -0.1) is 0 Å². The van der Waals surface area contributed by atoms with Crippen LogP contribution in [0.2, 0.25) is 0 Å². The zero-order chi connectivity index (χ0) is 30.8. The van der Waals surface area contributed by atoms with Gasteiger partial charge in [0.25, 0.3) is 22.7 Å². The van der Waals surface area contributed by atoms with Gasteiger partial charge in [-0.1, -0.05) is 18.2 Å². The number of fused-ring (bicyclic) bond motifs is 1. The molecule has 0 atom stereocenters. The molecule has 0 saturated heterocycles. The number of carboxylic acid groups (broad SMARTS) is 1. The van der Waals surface area contributed by atoms with Gasteiger partial charge in [-0.2, -0.15) is 0 Å². The first-order valence-electron chi connectivity index (χ1n) is 12.8. The summed E-state index contributed by atoms with van der Waals surface area (Å²) in [4.78, 5) is 64.4. The maximum atomic E-state index is 14.4. The van der Waals surface area contributed by atoms with Crippen molar-refractivity contribution in [3.63, 3.8) is 0 Å². The number of nitrogen functional groups attached to an aromatic ring is 2. The molecular weight excluding hydrogens is 561 g/mol. The lowest BCUT2D eigenvalue weighted by atomic mass is 10.1. The molecule has 0 saturated carbocycles. The zero-order valence-electron chi connectivity index (χ0n) is 22.3. The first-order chi connectivity index (χ1) is 20.5. The van der Waals surface area contributed by atoms with Gasteiger partial charge in [-0.05, 0) is 47.5 Å². The van der Waals surface area contributed by atoms with Crippen LogP contribution in [0.4, 0.5) is 21.5 Å². The van der Waals surface area contributed by atoms with E-state index in [2.05, 4.69) is 20.9 Å². The second kappa shape index (κ2) is 11.4. The molecule has 5 aromatic rings. The topological polar surface area (TPSA) is 211 Å². The summed E-state index contributed by atoms with van der Waals surface area (Å²) in [7, 11) is 0. The predicted molar refractivity (Wildman–Crippen MR) is 155 cm³/mol. The molecule has 14 heteroatoms. The average molecular weight is 586 g/mol. The van der Waals surface area contributed by atoms with Gasteiger partial charge in [0.05, 0.1) is 11.3 Å². The highest BCUT2D eigenvalue weighted by atomic mass is 19.1. The van der Waals surface area contributed by atoms with E-state index in [1.54, 1.807) is 18.3 Å². The van der Waals surface area contributed by atoms with Crippen LogP contribution in [-0.4, -0.2) is 32.3 Å². The van der Waals surface area contributed by atoms with Crippen molar-refractivity contribution in [2.24, 2.45) is 0 Å². The lowest BCUT2D eigenvalue weighted by Crippen LogP contribution is -2.37. The molecule has 0 aliphatic rings. The first kappa shape index (κ1) is 28.5. The molecule has 5 rings (SSSR count). The van der Waals surface area contributed by atoms with Crippen molar-refractivity contribution in [1.29, 1.82) is 0 Å². The number of carbonyl (C=O) groups excluding carboxylic acids is 2. The largest absolute Gasteiger partial charge is 0.478 e. The number of hydrogen-bond donors (Lipinski definition) is 6. The lowest BCUT2D eigenvalue weighted by Gasteiger charge is -2.13. The molecule has 0 aliphatic carbocycles. The van der Waals surface area contributed by atoms with E-state index in [9.17, 15) is 28.4 Å². The number of anilines is 3. The molecule has 0 unspecified atom stereocenters. The molecule has 0 bridgehead atoms. The van der Waals surface area contributed by atoms with Crippen molar-refractivity contribution in [2.45, 2.75) is 19.6 Å². The molecule has 0 radical (unpaired) electrons. The van der Waals surface area contributed by atoms with E-state index in [1.165, 1.54) is 46.9 Å². The molecule has 2 heterocycles. The highest BCUT2D eigenvalue weighted by Crippen LogP contribution is 2.18. The van der Waals surface area contributed by atoms with Crippen LogP contribution in [0, 0.1) is 5.82 Å². The number of hydrogen-bond acceptors (Lipinski definition) is 9. The molecule has 2 amide bonds. The Bertz CT molecular complexity index is 1980. The van der Waals surface area contributed by atoms with Gasteiger partial charge >= 0.3 is 5.97 Å². The van der Waals surface area contributed by atoms with Gasteiger partial charge in [-0.25, -0.2) is 14.2 Å². The van der Waals surface area contributed by atoms with Gasteiger partial charge in [-0.3, -0.25) is 23.6 Å². The van der Waals surface area contributed by atoms with Gasteiger partial charge in [0.2, 0.25) is 0 Å². The van der Waals surface area contributed by atoms with Crippen molar-refractivity contribution in [1.82, 2.24) is 20.0 Å². The summed E-state index contributed by atoms with van der Waals surface area (Å²) in [5.74, 6) is -2.78. The molecule has 13 nitrogen and oxygen atoms in total. The number of nitrogens with zero attached hydrogens (tertiary/aromatic N) is 2. The van der Waals surface area contributed by atoms with E-state index in [-0.39, 0.29) is 64.9 Å². The Morgan fingerprint density at radius 3 is 2.23 bits per heavy atom. The quantitative estimate of drug-likeness (QED) is 0.130. The third-order valence-corrected chi connectivity index (χ3v) is 6.73. The number of carboxylic acids is 1. The van der Waals surface area contributed by atoms with Gasteiger partial charge in [0.1, 0.15) is 28.6 Å². The summed E-state index contributed by atoms with van der Waals surface area (Å²) in [6.45, 7) is -0.0426. The maximum Gasteiger partial charge on any atom is 0.335 e. The molecule has 3 aromatic carbocycles. The summed E-state index contributed by atoms with van der Waals surface area (Å²) in [5, 5.41) is 17.1. The van der Waals surface area contributed by atoms with Crippen molar-refractivity contribution in [2.75, 3.05) is 16.8 Å². The monoisotopic (exact) mass is 585 g/mol. The van der Waals surface area contributed by atoms with Crippen LogP contribution in [0.15, 0.2) is 70.4 Å². The Kier molecular flexibility index (Phi) is 7.58. The Labute approximate surface area is 241 Å². The fraction of sp³-hybridized carbons (Fsp3) is 0.103. The van der Waals surface area contributed by atoms with Crippen molar-refractivity contribution in [3.8, 4) is 0 Å². The Hall–Kier alpha value is -6.05. The number of aromatic nitrogens is 2. The number of benzene rings is 2. The predicted octanol–water partition coefficient (Wildman–Crippen LogP) is 1.40. The Morgan fingerprint density at radius 1 is 0.860 bits per heavy atom. The van der Waals surface area contributed by atoms with Crippen LogP contribution in [0.25, 0.3) is 5.65 Å². The standard InChI is InChI=1S/C29H24FN7O6/c30-18-6-3-15(9-17(18)13-33-23-22(32)24(38)25(23)39)12-34-27(40)20-10-21(37-8-7-19(31)26(37)36-20)28(41)35-11-14-1-4-16(5-2-14)29(42)43/h1-10,33H,11-13,31-32H2,(H,34,40)(H,35,41)(H,42,43). The summed E-state index contributed by atoms with van der Waals surface area (Å²) < 4.78 is 15.8. The highest BCUT2D eigenvalue weighted by Gasteiger charge is 2.20. The summed E-state index contributed by atoms with van der Waals surface area (Å²) in [5.41, 5.74) is 11.6. The smallest absolute Gasteiger partial charge is 0.335 e. The second-order valence-corrected chi connectivity index (χ2v) is 9.58. The van der Waals surface area contributed by atoms with Crippen LogP contribution < -0.4 is 38.3 Å². The third-order valence-electron chi connectivity index (χ3n) is 6.73. The van der Waals surface area contributed by atoms with Crippen LogP contribution in [-0.2, 0) is 19.6 Å². The number of nitrogens with two attached hydrogens (primary N) is 2. The summed E-state index contributed by atoms with van der Waals surface area (Å²) in [6.07, 6.45) is 1.54. The molecule has 0 aliphatic heterocycles. The van der Waals surface area contributed by atoms with E-state index in [4.69, 9.17) is 16.6 Å². The molecule has 0 fully saturated rings. The number of nitrogens with one attached hydrogen (secondary N) is 3. The maximum absolute atomic E-state index is 14.4. The van der Waals surface area contributed by atoms with E-state index >= 15 is 0 Å². The molecule has 43 heavy (non-hydrogen) atoms. The fourth-order valence-electron chi connectivity index (χ4n) is 4.34. The lowest BCUT2D eigenvalue weighted by molar-refractivity contribution is 0.0696. The van der Waals surface area contributed by atoms with Crippen LogP contribution in [0.5, 0.6) is 0 Å². The fourth-order valence-corrected chi connectivity index (χ4v) is 4.34. The number of aromatic carboxylic acids is 1. The number of carbonyl (C=O) groups is 3. The summed E-state index contributed by atoms with van der Waals surface area (Å²) >= 11 is 0. The molecule has 218 valence electrons. The average Bonchev–Trinajstić information content (AvgIpc) is 3.39. The second-order valence-electron chi connectivity index (χ2n) is 9.58. The minimum atomic E-state index is -1.06. The summed E-state index contributed by atoms with van der Waals surface area (Å²) in [6, 6.07) is 13.0. The van der Waals surface area contributed by atoms with E-state index < -0.39 is 34.5 Å².